The van der Waals surface area contributed by atoms with Crippen molar-refractivity contribution in [3.63, 3.8) is 0 Å². The van der Waals surface area contributed by atoms with Crippen LogP contribution in [0.25, 0.3) is 21.8 Å². The Bertz CT molecular complexity index is 2130. The standard InChI is InChI=1S/C30H22N2O6S2/c1-38-24-13-15-28-23(19-24)20-29(32(28)40(36,37)26-10-6-3-7-11-26)30(33)22-12-14-27-21(18-22)16-17-31(27)39(34,35)25-8-4-2-5-9-25/h2-20H,1H3. The average molecular weight is 571 g/mol. The Morgan fingerprint density at radius 3 is 1.93 bits per heavy atom. The van der Waals surface area contributed by atoms with Crippen LogP contribution in [0.15, 0.2) is 125 Å². The van der Waals surface area contributed by atoms with E-state index in [-0.39, 0.29) is 21.0 Å². The molecule has 10 heteroatoms. The van der Waals surface area contributed by atoms with Gasteiger partial charge in [-0.1, -0.05) is 36.4 Å². The fraction of sp³-hybridized carbons (Fsp3) is 0.0333. The van der Waals surface area contributed by atoms with Crippen molar-refractivity contribution in [2.24, 2.45) is 0 Å². The van der Waals surface area contributed by atoms with E-state index in [1.165, 1.54) is 49.7 Å². The molecule has 2 heterocycles. The molecule has 0 atom stereocenters. The van der Waals surface area contributed by atoms with Gasteiger partial charge in [-0.25, -0.2) is 24.8 Å². The molecule has 0 bridgehead atoms. The van der Waals surface area contributed by atoms with Gasteiger partial charge in [0.15, 0.2) is 0 Å². The first kappa shape index (κ1) is 25.6. The van der Waals surface area contributed by atoms with E-state index in [9.17, 15) is 21.6 Å². The number of ether oxygens (including phenoxy) is 1. The summed E-state index contributed by atoms with van der Waals surface area (Å²) in [5.74, 6) is -0.0154. The van der Waals surface area contributed by atoms with Crippen LogP contribution in [0.2, 0.25) is 0 Å². The normalized spacial score (nSPS) is 12.1. The Balaban J connectivity index is 1.50. The molecule has 0 N–H and O–H groups in total. The molecule has 0 saturated carbocycles. The van der Waals surface area contributed by atoms with E-state index >= 15 is 0 Å². The first-order valence-corrected chi connectivity index (χ1v) is 15.1. The zero-order valence-corrected chi connectivity index (χ0v) is 22.8. The minimum Gasteiger partial charge on any atom is -0.497 e. The van der Waals surface area contributed by atoms with Crippen LogP contribution in [0, 0.1) is 0 Å². The van der Waals surface area contributed by atoms with Crippen LogP contribution < -0.4 is 4.74 Å². The van der Waals surface area contributed by atoms with Crippen molar-refractivity contribution in [3.05, 3.63) is 127 Å². The lowest BCUT2D eigenvalue weighted by Crippen LogP contribution is -2.19. The summed E-state index contributed by atoms with van der Waals surface area (Å²) in [5.41, 5.74) is 0.876. The van der Waals surface area contributed by atoms with Gasteiger partial charge in [-0.3, -0.25) is 4.79 Å². The van der Waals surface area contributed by atoms with E-state index in [1.54, 1.807) is 72.8 Å². The predicted octanol–water partition coefficient (Wildman–Crippen LogP) is 5.31. The van der Waals surface area contributed by atoms with Crippen molar-refractivity contribution >= 4 is 47.6 Å². The molecule has 0 aliphatic heterocycles. The molecule has 4 aromatic carbocycles. The first-order chi connectivity index (χ1) is 19.2. The van der Waals surface area contributed by atoms with Crippen LogP contribution in [-0.2, 0) is 20.0 Å². The van der Waals surface area contributed by atoms with E-state index in [0.717, 1.165) is 7.94 Å². The average Bonchev–Trinajstić information content (AvgIpc) is 3.59. The summed E-state index contributed by atoms with van der Waals surface area (Å²) in [6, 6.07) is 28.6. The van der Waals surface area contributed by atoms with E-state index in [4.69, 9.17) is 4.74 Å². The van der Waals surface area contributed by atoms with Crippen molar-refractivity contribution < 1.29 is 26.4 Å². The summed E-state index contributed by atoms with van der Waals surface area (Å²) in [6.07, 6.45) is 1.43. The van der Waals surface area contributed by atoms with Gasteiger partial charge in [0.1, 0.15) is 11.4 Å². The van der Waals surface area contributed by atoms with Gasteiger partial charge in [0.25, 0.3) is 20.0 Å². The third kappa shape index (κ3) is 4.09. The number of benzene rings is 4. The Morgan fingerprint density at radius 2 is 1.27 bits per heavy atom. The van der Waals surface area contributed by atoms with Gasteiger partial charge in [-0.2, -0.15) is 0 Å². The van der Waals surface area contributed by atoms with Crippen LogP contribution in [0.1, 0.15) is 16.1 Å². The fourth-order valence-electron chi connectivity index (χ4n) is 4.73. The van der Waals surface area contributed by atoms with Gasteiger partial charge in [-0.15, -0.1) is 0 Å². The molecule has 2 aromatic heterocycles. The molecule has 0 spiro atoms. The number of hydrogen-bond acceptors (Lipinski definition) is 6. The van der Waals surface area contributed by atoms with E-state index in [0.29, 0.717) is 27.6 Å². The fourth-order valence-corrected chi connectivity index (χ4v) is 7.64. The summed E-state index contributed by atoms with van der Waals surface area (Å²) in [4.78, 5) is 14.1. The smallest absolute Gasteiger partial charge is 0.268 e. The van der Waals surface area contributed by atoms with E-state index in [2.05, 4.69) is 0 Å². The molecule has 0 fully saturated rings. The number of nitrogens with zero attached hydrogens (tertiary/aromatic N) is 2. The van der Waals surface area contributed by atoms with Crippen molar-refractivity contribution in [2.75, 3.05) is 7.11 Å². The Kier molecular flexibility index (Phi) is 6.09. The Hall–Kier alpha value is -4.67. The van der Waals surface area contributed by atoms with Crippen LogP contribution in [0.3, 0.4) is 0 Å². The molecule has 0 aliphatic rings. The number of methoxy groups -OCH3 is 1. The number of aromatic nitrogens is 2. The highest BCUT2D eigenvalue weighted by Gasteiger charge is 2.28. The van der Waals surface area contributed by atoms with Gasteiger partial charge in [0.05, 0.1) is 27.9 Å². The number of fused-ring (bicyclic) bond motifs is 2. The highest BCUT2D eigenvalue weighted by atomic mass is 32.2. The molecular weight excluding hydrogens is 548 g/mol. The lowest BCUT2D eigenvalue weighted by molar-refractivity contribution is 0.103. The first-order valence-electron chi connectivity index (χ1n) is 12.2. The number of carbonyl (C=O) groups excluding carboxylic acids is 1. The Labute approximate surface area is 230 Å². The topological polar surface area (TPSA) is 104 Å². The lowest BCUT2D eigenvalue weighted by atomic mass is 10.1. The third-order valence-corrected chi connectivity index (χ3v) is 10.1. The zero-order valence-electron chi connectivity index (χ0n) is 21.1. The lowest BCUT2D eigenvalue weighted by Gasteiger charge is -2.12. The summed E-state index contributed by atoms with van der Waals surface area (Å²) >= 11 is 0. The molecule has 0 unspecified atom stereocenters. The van der Waals surface area contributed by atoms with E-state index < -0.39 is 25.8 Å². The maximum atomic E-state index is 13.9. The summed E-state index contributed by atoms with van der Waals surface area (Å²) in [6.45, 7) is 0. The molecule has 200 valence electrons. The molecule has 0 aliphatic carbocycles. The molecule has 0 amide bonds. The van der Waals surface area contributed by atoms with Gasteiger partial charge < -0.3 is 4.74 Å². The zero-order chi connectivity index (χ0) is 28.1. The molecule has 0 radical (unpaired) electrons. The predicted molar refractivity (Wildman–Crippen MR) is 152 cm³/mol. The second-order valence-electron chi connectivity index (χ2n) is 9.07. The van der Waals surface area contributed by atoms with Crippen LogP contribution in [-0.4, -0.2) is 37.7 Å². The van der Waals surface area contributed by atoms with Gasteiger partial charge >= 0.3 is 0 Å². The van der Waals surface area contributed by atoms with Crippen LogP contribution in [0.5, 0.6) is 5.75 Å². The van der Waals surface area contributed by atoms with Gasteiger partial charge in [-0.05, 0) is 72.8 Å². The van der Waals surface area contributed by atoms with Crippen LogP contribution in [0.4, 0.5) is 0 Å². The molecule has 6 rings (SSSR count). The van der Waals surface area contributed by atoms with E-state index in [1.807, 2.05) is 0 Å². The summed E-state index contributed by atoms with van der Waals surface area (Å²) < 4.78 is 61.5. The highest BCUT2D eigenvalue weighted by molar-refractivity contribution is 7.90. The van der Waals surface area contributed by atoms with Crippen molar-refractivity contribution in [1.82, 2.24) is 7.94 Å². The van der Waals surface area contributed by atoms with Crippen molar-refractivity contribution in [2.45, 2.75) is 9.79 Å². The Morgan fingerprint density at radius 1 is 0.650 bits per heavy atom. The molecule has 40 heavy (non-hydrogen) atoms. The maximum Gasteiger partial charge on any atom is 0.268 e. The molecule has 0 saturated heterocycles. The molecule has 6 aromatic rings. The number of hydrogen-bond donors (Lipinski definition) is 0. The number of carbonyl (C=O) groups is 1. The summed E-state index contributed by atoms with van der Waals surface area (Å²) in [7, 11) is -6.49. The van der Waals surface area contributed by atoms with Crippen molar-refractivity contribution in [1.29, 1.82) is 0 Å². The third-order valence-electron chi connectivity index (χ3n) is 6.70. The highest BCUT2D eigenvalue weighted by Crippen LogP contribution is 2.31. The minimum absolute atomic E-state index is 0.0380. The number of ketones is 1. The maximum absolute atomic E-state index is 13.9. The van der Waals surface area contributed by atoms with Gasteiger partial charge in [0, 0.05) is 22.5 Å². The second kappa shape index (κ2) is 9.51. The SMILES string of the molecule is COc1ccc2c(c1)cc(C(=O)c1ccc3c(ccn3S(=O)(=O)c3ccccc3)c1)n2S(=O)(=O)c1ccccc1. The minimum atomic E-state index is -4.14. The van der Waals surface area contributed by atoms with Gasteiger partial charge in [0.2, 0.25) is 5.78 Å². The summed E-state index contributed by atoms with van der Waals surface area (Å²) in [5, 5.41) is 1.03. The monoisotopic (exact) mass is 570 g/mol. The van der Waals surface area contributed by atoms with Crippen LogP contribution >= 0.6 is 0 Å². The largest absolute Gasteiger partial charge is 0.497 e. The number of rotatable bonds is 7. The molecular formula is C30H22N2O6S2. The second-order valence-corrected chi connectivity index (χ2v) is 12.7. The molecule has 8 nitrogen and oxygen atoms in total. The van der Waals surface area contributed by atoms with Crippen molar-refractivity contribution in [3.8, 4) is 5.75 Å². The quantitative estimate of drug-likeness (QED) is 0.241.